The number of ether oxygens (including phenoxy) is 1. The van der Waals surface area contributed by atoms with Crippen LogP contribution in [0.25, 0.3) is 0 Å². The number of hydrogen-bond acceptors (Lipinski definition) is 5. The van der Waals surface area contributed by atoms with Crippen molar-refractivity contribution >= 4 is 11.6 Å². The Labute approximate surface area is 134 Å². The standard InChI is InChI=1S/C17H18N2O4/c1-2-21-11-15-10-13-9-12(3-4-16(13)23-22-15)17(20)19-14-5-7-18-8-6-14/h3-9,15H,2,10-11H2,1H3,(H,18,19,20). The lowest BCUT2D eigenvalue weighted by molar-refractivity contribution is -0.264. The smallest absolute Gasteiger partial charge is 0.255 e. The first-order chi connectivity index (χ1) is 11.3. The fourth-order valence-electron chi connectivity index (χ4n) is 2.34. The van der Waals surface area contributed by atoms with Gasteiger partial charge < -0.3 is 14.9 Å². The Kier molecular flexibility index (Phi) is 4.85. The second-order valence-electron chi connectivity index (χ2n) is 5.18. The molecule has 1 amide bonds. The van der Waals surface area contributed by atoms with Crippen molar-refractivity contribution in [1.82, 2.24) is 4.98 Å². The Morgan fingerprint density at radius 2 is 2.17 bits per heavy atom. The molecule has 1 atom stereocenters. The molecule has 0 spiro atoms. The number of nitrogens with one attached hydrogen (secondary N) is 1. The van der Waals surface area contributed by atoms with E-state index in [1.54, 1.807) is 36.7 Å². The van der Waals surface area contributed by atoms with Crippen molar-refractivity contribution in [3.8, 4) is 5.75 Å². The third-order valence-electron chi connectivity index (χ3n) is 3.49. The van der Waals surface area contributed by atoms with Crippen molar-refractivity contribution in [3.63, 3.8) is 0 Å². The van der Waals surface area contributed by atoms with Crippen LogP contribution >= 0.6 is 0 Å². The van der Waals surface area contributed by atoms with Gasteiger partial charge in [0.25, 0.3) is 5.91 Å². The number of anilines is 1. The molecule has 0 saturated heterocycles. The summed E-state index contributed by atoms with van der Waals surface area (Å²) in [6.07, 6.45) is 3.74. The molecule has 0 fully saturated rings. The molecule has 2 heterocycles. The number of hydrogen-bond donors (Lipinski definition) is 1. The van der Waals surface area contributed by atoms with Crippen LogP contribution in [0.2, 0.25) is 0 Å². The maximum Gasteiger partial charge on any atom is 0.255 e. The van der Waals surface area contributed by atoms with Gasteiger partial charge in [0.05, 0.1) is 6.61 Å². The Morgan fingerprint density at radius 3 is 2.96 bits per heavy atom. The summed E-state index contributed by atoms with van der Waals surface area (Å²) in [5.74, 6) is 0.463. The van der Waals surface area contributed by atoms with Gasteiger partial charge in [0, 0.05) is 42.2 Å². The first-order valence-corrected chi connectivity index (χ1v) is 7.51. The first kappa shape index (κ1) is 15.5. The Morgan fingerprint density at radius 1 is 1.35 bits per heavy atom. The largest absolute Gasteiger partial charge is 0.379 e. The van der Waals surface area contributed by atoms with E-state index < -0.39 is 0 Å². The van der Waals surface area contributed by atoms with Crippen molar-refractivity contribution in [2.24, 2.45) is 0 Å². The van der Waals surface area contributed by atoms with Gasteiger partial charge in [-0.15, -0.1) is 0 Å². The SMILES string of the molecule is CCOCC1Cc2cc(C(=O)Nc3ccncc3)ccc2OO1. The molecule has 1 aromatic carbocycles. The lowest BCUT2D eigenvalue weighted by atomic mass is 10.0. The molecule has 6 nitrogen and oxygen atoms in total. The Hall–Kier alpha value is -2.44. The molecule has 120 valence electrons. The van der Waals surface area contributed by atoms with Gasteiger partial charge in [0.15, 0.2) is 5.75 Å². The molecule has 0 bridgehead atoms. The molecule has 0 radical (unpaired) electrons. The number of pyridine rings is 1. The minimum atomic E-state index is -0.174. The minimum Gasteiger partial charge on any atom is -0.379 e. The highest BCUT2D eigenvalue weighted by Crippen LogP contribution is 2.27. The van der Waals surface area contributed by atoms with E-state index in [-0.39, 0.29) is 12.0 Å². The van der Waals surface area contributed by atoms with Gasteiger partial charge in [0.2, 0.25) is 0 Å². The summed E-state index contributed by atoms with van der Waals surface area (Å²) in [5.41, 5.74) is 2.21. The van der Waals surface area contributed by atoms with Crippen LogP contribution in [0.5, 0.6) is 5.75 Å². The minimum absolute atomic E-state index is 0.166. The van der Waals surface area contributed by atoms with E-state index in [9.17, 15) is 4.79 Å². The lowest BCUT2D eigenvalue weighted by Crippen LogP contribution is -2.28. The molecule has 3 rings (SSSR count). The number of amides is 1. The van der Waals surface area contributed by atoms with Crippen LogP contribution in [0.15, 0.2) is 42.7 Å². The van der Waals surface area contributed by atoms with Gasteiger partial charge in [-0.3, -0.25) is 9.78 Å². The van der Waals surface area contributed by atoms with Gasteiger partial charge >= 0.3 is 0 Å². The molecule has 2 aromatic rings. The molecular weight excluding hydrogens is 296 g/mol. The van der Waals surface area contributed by atoms with Gasteiger partial charge in [-0.25, -0.2) is 0 Å². The molecule has 23 heavy (non-hydrogen) atoms. The van der Waals surface area contributed by atoms with Crippen molar-refractivity contribution in [2.75, 3.05) is 18.5 Å². The number of carbonyl (C=O) groups excluding carboxylic acids is 1. The molecule has 1 N–H and O–H groups in total. The molecule has 0 saturated carbocycles. The fourth-order valence-corrected chi connectivity index (χ4v) is 2.34. The fraction of sp³-hybridized carbons (Fsp3) is 0.294. The van der Waals surface area contributed by atoms with Crippen LogP contribution in [-0.4, -0.2) is 30.2 Å². The molecule has 0 aliphatic carbocycles. The maximum atomic E-state index is 12.3. The molecular formula is C17H18N2O4. The molecule has 1 aliphatic rings. The number of carbonyl (C=O) groups is 1. The molecule has 1 aliphatic heterocycles. The summed E-state index contributed by atoms with van der Waals surface area (Å²) in [4.78, 5) is 26.8. The van der Waals surface area contributed by atoms with E-state index in [4.69, 9.17) is 14.5 Å². The number of benzene rings is 1. The number of aromatic nitrogens is 1. The third kappa shape index (κ3) is 3.85. The zero-order valence-corrected chi connectivity index (χ0v) is 12.8. The van der Waals surface area contributed by atoms with Crippen molar-refractivity contribution in [2.45, 2.75) is 19.4 Å². The van der Waals surface area contributed by atoms with E-state index in [2.05, 4.69) is 10.3 Å². The van der Waals surface area contributed by atoms with Gasteiger partial charge in [-0.2, -0.15) is 4.89 Å². The Bertz CT molecular complexity index is 676. The molecule has 6 heteroatoms. The van der Waals surface area contributed by atoms with Gasteiger partial charge in [-0.05, 0) is 37.3 Å². The quantitative estimate of drug-likeness (QED) is 0.859. The van der Waals surface area contributed by atoms with Crippen LogP contribution < -0.4 is 10.2 Å². The third-order valence-corrected chi connectivity index (χ3v) is 3.49. The summed E-state index contributed by atoms with van der Waals surface area (Å²) in [5, 5.41) is 2.83. The monoisotopic (exact) mass is 314 g/mol. The summed E-state index contributed by atoms with van der Waals surface area (Å²) in [6.45, 7) is 3.02. The van der Waals surface area contributed by atoms with Crippen LogP contribution in [-0.2, 0) is 16.0 Å². The first-order valence-electron chi connectivity index (χ1n) is 7.51. The topological polar surface area (TPSA) is 69.7 Å². The van der Waals surface area contributed by atoms with Crippen LogP contribution in [0.1, 0.15) is 22.8 Å². The van der Waals surface area contributed by atoms with Crippen LogP contribution in [0, 0.1) is 0 Å². The molecule has 1 unspecified atom stereocenters. The van der Waals surface area contributed by atoms with Crippen LogP contribution in [0.4, 0.5) is 5.69 Å². The zero-order chi connectivity index (χ0) is 16.1. The van der Waals surface area contributed by atoms with Gasteiger partial charge in [-0.1, -0.05) is 0 Å². The summed E-state index contributed by atoms with van der Waals surface area (Å²) in [7, 11) is 0. The van der Waals surface area contributed by atoms with Crippen molar-refractivity contribution < 1.29 is 19.3 Å². The highest BCUT2D eigenvalue weighted by molar-refractivity contribution is 6.04. The zero-order valence-electron chi connectivity index (χ0n) is 12.8. The van der Waals surface area contributed by atoms with Gasteiger partial charge in [0.1, 0.15) is 6.10 Å². The second-order valence-corrected chi connectivity index (χ2v) is 5.18. The average Bonchev–Trinajstić information content (AvgIpc) is 2.60. The number of rotatable bonds is 5. The second kappa shape index (κ2) is 7.21. The van der Waals surface area contributed by atoms with Crippen LogP contribution in [0.3, 0.4) is 0 Å². The predicted molar refractivity (Wildman–Crippen MR) is 84.3 cm³/mol. The average molecular weight is 314 g/mol. The molecule has 1 aromatic heterocycles. The highest BCUT2D eigenvalue weighted by Gasteiger charge is 2.23. The number of fused-ring (bicyclic) bond motifs is 1. The van der Waals surface area contributed by atoms with Crippen molar-refractivity contribution in [1.29, 1.82) is 0 Å². The summed E-state index contributed by atoms with van der Waals surface area (Å²) in [6, 6.07) is 8.76. The van der Waals surface area contributed by atoms with Crippen molar-refractivity contribution in [3.05, 3.63) is 53.9 Å². The summed E-state index contributed by atoms with van der Waals surface area (Å²) < 4.78 is 5.35. The lowest BCUT2D eigenvalue weighted by Gasteiger charge is -2.24. The predicted octanol–water partition coefficient (Wildman–Crippen LogP) is 2.61. The number of nitrogens with zero attached hydrogens (tertiary/aromatic N) is 1. The van der Waals surface area contributed by atoms with E-state index >= 15 is 0 Å². The maximum absolute atomic E-state index is 12.3. The van der Waals surface area contributed by atoms with E-state index in [1.165, 1.54) is 0 Å². The van der Waals surface area contributed by atoms with E-state index in [1.807, 2.05) is 13.0 Å². The normalized spacial score (nSPS) is 16.3. The van der Waals surface area contributed by atoms with E-state index in [0.29, 0.717) is 36.6 Å². The van der Waals surface area contributed by atoms with E-state index in [0.717, 1.165) is 5.56 Å². The highest BCUT2D eigenvalue weighted by atomic mass is 17.2. The summed E-state index contributed by atoms with van der Waals surface area (Å²) >= 11 is 0. The Balaban J connectivity index is 1.71.